The van der Waals surface area contributed by atoms with Crippen LogP contribution >= 0.6 is 23.1 Å². The minimum absolute atomic E-state index is 0.0615. The Morgan fingerprint density at radius 3 is 2.81 bits per heavy atom. The zero-order valence-corrected chi connectivity index (χ0v) is 15.3. The van der Waals surface area contributed by atoms with Crippen LogP contribution in [0.25, 0.3) is 0 Å². The molecule has 26 heavy (non-hydrogen) atoms. The molecule has 0 aliphatic heterocycles. The molecule has 0 saturated carbocycles. The minimum Gasteiger partial charge on any atom is -0.296 e. The number of hydrogen-bond acceptors (Lipinski definition) is 7. The van der Waals surface area contributed by atoms with Crippen molar-refractivity contribution in [2.24, 2.45) is 0 Å². The quantitative estimate of drug-likeness (QED) is 0.293. The van der Waals surface area contributed by atoms with Crippen molar-refractivity contribution in [3.05, 3.63) is 75.3 Å². The molecule has 1 aromatic heterocycles. The number of nitrogens with zero attached hydrogens (tertiary/aromatic N) is 3. The number of carbonyl (C=O) groups is 1. The highest BCUT2D eigenvalue weighted by Crippen LogP contribution is 2.29. The SMILES string of the molecule is Cc1cccc(C(=O)Nc2nnc(SCc3cccc([N+](=O)[O-])c3)s2)c1. The van der Waals surface area contributed by atoms with Crippen molar-refractivity contribution in [2.45, 2.75) is 17.0 Å². The smallest absolute Gasteiger partial charge is 0.269 e. The summed E-state index contributed by atoms with van der Waals surface area (Å²) in [5, 5.41) is 22.0. The molecule has 1 amide bonds. The Bertz CT molecular complexity index is 958. The van der Waals surface area contributed by atoms with Gasteiger partial charge in [0.1, 0.15) is 0 Å². The van der Waals surface area contributed by atoms with Gasteiger partial charge in [-0.2, -0.15) is 0 Å². The molecule has 7 nitrogen and oxygen atoms in total. The van der Waals surface area contributed by atoms with Crippen molar-refractivity contribution in [3.8, 4) is 0 Å². The molecule has 0 atom stereocenters. The van der Waals surface area contributed by atoms with E-state index < -0.39 is 4.92 Å². The Kier molecular flexibility index (Phi) is 5.59. The highest BCUT2D eigenvalue weighted by Gasteiger charge is 2.11. The Morgan fingerprint density at radius 2 is 2.04 bits per heavy atom. The van der Waals surface area contributed by atoms with Crippen molar-refractivity contribution >= 4 is 39.8 Å². The Hall–Kier alpha value is -2.78. The van der Waals surface area contributed by atoms with Gasteiger partial charge in [-0.3, -0.25) is 20.2 Å². The van der Waals surface area contributed by atoms with Crippen LogP contribution in [0.2, 0.25) is 0 Å². The molecule has 0 saturated heterocycles. The molecule has 3 aromatic rings. The van der Waals surface area contributed by atoms with Crippen LogP contribution in [0.4, 0.5) is 10.8 Å². The van der Waals surface area contributed by atoms with Crippen LogP contribution in [-0.4, -0.2) is 21.0 Å². The first-order valence-corrected chi connectivity index (χ1v) is 9.39. The van der Waals surface area contributed by atoms with Crippen LogP contribution in [0.3, 0.4) is 0 Å². The van der Waals surface area contributed by atoms with Crippen LogP contribution in [0.5, 0.6) is 0 Å². The summed E-state index contributed by atoms with van der Waals surface area (Å²) in [4.78, 5) is 22.6. The van der Waals surface area contributed by atoms with E-state index in [1.54, 1.807) is 18.2 Å². The summed E-state index contributed by atoms with van der Waals surface area (Å²) in [7, 11) is 0. The van der Waals surface area contributed by atoms with Gasteiger partial charge in [0.2, 0.25) is 5.13 Å². The van der Waals surface area contributed by atoms with Gasteiger partial charge in [0.15, 0.2) is 4.34 Å². The molecular weight excluding hydrogens is 372 g/mol. The normalized spacial score (nSPS) is 10.5. The summed E-state index contributed by atoms with van der Waals surface area (Å²) >= 11 is 2.68. The van der Waals surface area contributed by atoms with Gasteiger partial charge in [-0.25, -0.2) is 0 Å². The standard InChI is InChI=1S/C17H14N4O3S2/c1-11-4-2-6-13(8-11)15(22)18-16-19-20-17(26-16)25-10-12-5-3-7-14(9-12)21(23)24/h2-9H,10H2,1H3,(H,18,19,22). The molecule has 0 radical (unpaired) electrons. The van der Waals surface area contributed by atoms with E-state index in [0.29, 0.717) is 20.8 Å². The molecule has 0 unspecified atom stereocenters. The molecule has 0 aliphatic carbocycles. The first kappa shape index (κ1) is 18.0. The zero-order valence-electron chi connectivity index (χ0n) is 13.7. The first-order chi connectivity index (χ1) is 12.5. The second kappa shape index (κ2) is 8.07. The largest absolute Gasteiger partial charge is 0.296 e. The Morgan fingerprint density at radius 1 is 1.23 bits per heavy atom. The molecule has 2 aromatic carbocycles. The summed E-state index contributed by atoms with van der Waals surface area (Å²) < 4.78 is 0.677. The maximum absolute atomic E-state index is 12.2. The van der Waals surface area contributed by atoms with E-state index in [4.69, 9.17) is 0 Å². The zero-order chi connectivity index (χ0) is 18.5. The van der Waals surface area contributed by atoms with Gasteiger partial charge in [0.05, 0.1) is 4.92 Å². The van der Waals surface area contributed by atoms with Gasteiger partial charge in [0, 0.05) is 23.4 Å². The van der Waals surface area contributed by atoms with E-state index in [9.17, 15) is 14.9 Å². The van der Waals surface area contributed by atoms with E-state index >= 15 is 0 Å². The second-order valence-electron chi connectivity index (χ2n) is 5.41. The number of hydrogen-bond donors (Lipinski definition) is 1. The van der Waals surface area contributed by atoms with Gasteiger partial charge in [-0.15, -0.1) is 10.2 Å². The van der Waals surface area contributed by atoms with Crippen LogP contribution in [0, 0.1) is 17.0 Å². The van der Waals surface area contributed by atoms with Crippen LogP contribution in [0.1, 0.15) is 21.5 Å². The number of non-ortho nitro benzene ring substituents is 1. The van der Waals surface area contributed by atoms with E-state index in [2.05, 4.69) is 15.5 Å². The molecule has 0 bridgehead atoms. The molecule has 0 aliphatic rings. The molecule has 1 heterocycles. The van der Waals surface area contributed by atoms with Crippen LogP contribution in [-0.2, 0) is 5.75 Å². The number of amides is 1. The number of benzene rings is 2. The number of anilines is 1. The van der Waals surface area contributed by atoms with E-state index in [-0.39, 0.29) is 11.6 Å². The van der Waals surface area contributed by atoms with Gasteiger partial charge < -0.3 is 0 Å². The van der Waals surface area contributed by atoms with E-state index in [1.807, 2.05) is 25.1 Å². The summed E-state index contributed by atoms with van der Waals surface area (Å²) in [6, 6.07) is 13.8. The highest BCUT2D eigenvalue weighted by molar-refractivity contribution is 8.00. The van der Waals surface area contributed by atoms with Crippen LogP contribution in [0.15, 0.2) is 52.9 Å². The first-order valence-electron chi connectivity index (χ1n) is 7.59. The molecule has 0 fully saturated rings. The average molecular weight is 386 g/mol. The minimum atomic E-state index is -0.419. The van der Waals surface area contributed by atoms with E-state index in [1.165, 1.54) is 35.2 Å². The molecule has 132 valence electrons. The Labute approximate surface area is 157 Å². The summed E-state index contributed by atoms with van der Waals surface area (Å²) in [5.74, 6) is 0.294. The number of rotatable bonds is 6. The lowest BCUT2D eigenvalue weighted by molar-refractivity contribution is -0.384. The fourth-order valence-electron chi connectivity index (χ4n) is 2.18. The van der Waals surface area contributed by atoms with Crippen molar-refractivity contribution in [1.29, 1.82) is 0 Å². The van der Waals surface area contributed by atoms with Gasteiger partial charge in [0.25, 0.3) is 11.6 Å². The third-order valence-corrected chi connectivity index (χ3v) is 5.43. The van der Waals surface area contributed by atoms with Crippen molar-refractivity contribution in [2.75, 3.05) is 5.32 Å². The molecule has 0 spiro atoms. The van der Waals surface area contributed by atoms with Gasteiger partial charge in [-0.1, -0.05) is 52.9 Å². The van der Waals surface area contributed by atoms with Crippen LogP contribution < -0.4 is 5.32 Å². The average Bonchev–Trinajstić information content (AvgIpc) is 3.07. The van der Waals surface area contributed by atoms with Gasteiger partial charge in [-0.05, 0) is 24.6 Å². The molecule has 9 heteroatoms. The predicted molar refractivity (Wildman–Crippen MR) is 102 cm³/mol. The topological polar surface area (TPSA) is 98.0 Å². The lowest BCUT2D eigenvalue weighted by atomic mass is 10.1. The highest BCUT2D eigenvalue weighted by atomic mass is 32.2. The third-order valence-electron chi connectivity index (χ3n) is 3.39. The summed E-state index contributed by atoms with van der Waals surface area (Å²) in [6.45, 7) is 1.92. The summed E-state index contributed by atoms with van der Waals surface area (Å²) in [5.41, 5.74) is 2.45. The predicted octanol–water partition coefficient (Wildman–Crippen LogP) is 4.30. The van der Waals surface area contributed by atoms with E-state index in [0.717, 1.165) is 11.1 Å². The number of nitrogens with one attached hydrogen (secondary N) is 1. The number of nitro benzene ring substituents is 1. The monoisotopic (exact) mass is 386 g/mol. The number of nitro groups is 1. The molecular formula is C17H14N4O3S2. The summed E-state index contributed by atoms with van der Waals surface area (Å²) in [6.07, 6.45) is 0. The molecule has 1 N–H and O–H groups in total. The fraction of sp³-hybridized carbons (Fsp3) is 0.118. The third kappa shape index (κ3) is 4.64. The number of aromatic nitrogens is 2. The van der Waals surface area contributed by atoms with Crippen molar-refractivity contribution in [3.63, 3.8) is 0 Å². The maximum atomic E-state index is 12.2. The second-order valence-corrected chi connectivity index (χ2v) is 7.61. The molecule has 3 rings (SSSR count). The fourth-order valence-corrected chi connectivity index (χ4v) is 3.87. The lowest BCUT2D eigenvalue weighted by Crippen LogP contribution is -2.11. The van der Waals surface area contributed by atoms with Crippen molar-refractivity contribution in [1.82, 2.24) is 10.2 Å². The van der Waals surface area contributed by atoms with Gasteiger partial charge >= 0.3 is 0 Å². The Balaban J connectivity index is 1.60. The number of thioether (sulfide) groups is 1. The lowest BCUT2D eigenvalue weighted by Gasteiger charge is -2.01. The van der Waals surface area contributed by atoms with Crippen molar-refractivity contribution < 1.29 is 9.72 Å². The maximum Gasteiger partial charge on any atom is 0.269 e. The number of carbonyl (C=O) groups excluding carboxylic acids is 1. The number of aryl methyl sites for hydroxylation is 1.